The summed E-state index contributed by atoms with van der Waals surface area (Å²) < 4.78 is 10.7. The van der Waals surface area contributed by atoms with Crippen LogP contribution in [0.15, 0.2) is 30.3 Å². The zero-order valence-corrected chi connectivity index (χ0v) is 19.1. The van der Waals surface area contributed by atoms with E-state index in [-0.39, 0.29) is 24.7 Å². The molecular weight excluding hydrogens is 424 g/mol. The van der Waals surface area contributed by atoms with E-state index >= 15 is 0 Å². The van der Waals surface area contributed by atoms with Gasteiger partial charge in [0.1, 0.15) is 17.0 Å². The Kier molecular flexibility index (Phi) is 5.75. The number of ether oxygens (including phenoxy) is 2. The number of nitrogens with one attached hydrogen (secondary N) is 3. The van der Waals surface area contributed by atoms with E-state index in [1.54, 1.807) is 18.2 Å². The minimum Gasteiger partial charge on any atom is -0.497 e. The highest BCUT2D eigenvalue weighted by Crippen LogP contribution is 2.49. The lowest BCUT2D eigenvalue weighted by atomic mass is 9.78. The Hall–Kier alpha value is -3.59. The molecule has 0 bridgehead atoms. The van der Waals surface area contributed by atoms with Gasteiger partial charge in [-0.15, -0.1) is 0 Å². The topological polar surface area (TPSA) is 132 Å². The molecular formula is C24H28N4O5. The maximum Gasteiger partial charge on any atom is 0.250 e. The van der Waals surface area contributed by atoms with Crippen LogP contribution in [0.4, 0.5) is 11.4 Å². The molecule has 0 saturated carbocycles. The number of nitrogens with two attached hydrogens (primary N) is 1. The average Bonchev–Trinajstić information content (AvgIpc) is 3.27. The Morgan fingerprint density at radius 3 is 2.61 bits per heavy atom. The van der Waals surface area contributed by atoms with Crippen LogP contribution in [0.2, 0.25) is 0 Å². The molecule has 33 heavy (non-hydrogen) atoms. The van der Waals surface area contributed by atoms with Crippen molar-refractivity contribution in [2.24, 2.45) is 11.7 Å². The van der Waals surface area contributed by atoms with E-state index in [0.717, 1.165) is 11.1 Å². The van der Waals surface area contributed by atoms with E-state index in [2.05, 4.69) is 16.0 Å². The standard InChI is InChI=1S/C24H28N4O5/c1-12-7-13(2)21-16(8-12)24(23(31)27-21)17(9-14(28-24)10-20(25)29)22(30)26-18-11-15(32-3)5-6-19(18)33-4/h5-8,11,14,17,28H,9-10H2,1-4H3,(H2,25,29)(H,26,30)(H,27,31). The number of anilines is 2. The van der Waals surface area contributed by atoms with Crippen molar-refractivity contribution in [3.63, 3.8) is 0 Å². The van der Waals surface area contributed by atoms with Crippen molar-refractivity contribution in [1.29, 1.82) is 0 Å². The lowest BCUT2D eigenvalue weighted by Crippen LogP contribution is -2.52. The van der Waals surface area contributed by atoms with Crippen molar-refractivity contribution >= 4 is 29.1 Å². The second-order valence-corrected chi connectivity index (χ2v) is 8.62. The Labute approximate surface area is 192 Å². The molecule has 9 heteroatoms. The number of carbonyl (C=O) groups is 3. The summed E-state index contributed by atoms with van der Waals surface area (Å²) in [5.74, 6) is -0.982. The first-order chi connectivity index (χ1) is 15.7. The molecule has 2 aromatic rings. The second-order valence-electron chi connectivity index (χ2n) is 8.62. The maximum absolute atomic E-state index is 13.7. The summed E-state index contributed by atoms with van der Waals surface area (Å²) in [5.41, 5.74) is 7.82. The molecule has 3 amide bonds. The highest BCUT2D eigenvalue weighted by molar-refractivity contribution is 6.11. The van der Waals surface area contributed by atoms with E-state index in [4.69, 9.17) is 15.2 Å². The molecule has 4 rings (SSSR count). The minimum absolute atomic E-state index is 0.0153. The predicted octanol–water partition coefficient (Wildman–Crippen LogP) is 1.96. The van der Waals surface area contributed by atoms with Crippen LogP contribution in [0.25, 0.3) is 0 Å². The second kappa shape index (κ2) is 8.40. The molecule has 2 aliphatic heterocycles. The van der Waals surface area contributed by atoms with Crippen molar-refractivity contribution in [1.82, 2.24) is 5.32 Å². The third kappa shape index (κ3) is 3.78. The molecule has 2 heterocycles. The lowest BCUT2D eigenvalue weighted by Gasteiger charge is -2.29. The van der Waals surface area contributed by atoms with Gasteiger partial charge < -0.3 is 25.8 Å². The number of hydrogen-bond acceptors (Lipinski definition) is 6. The molecule has 3 atom stereocenters. The summed E-state index contributed by atoms with van der Waals surface area (Å²) in [7, 11) is 3.04. The Morgan fingerprint density at radius 1 is 1.18 bits per heavy atom. The molecule has 0 aromatic heterocycles. The number of carbonyl (C=O) groups excluding carboxylic acids is 3. The number of amides is 3. The summed E-state index contributed by atoms with van der Waals surface area (Å²) in [5, 5.41) is 9.15. The van der Waals surface area contributed by atoms with E-state index in [9.17, 15) is 14.4 Å². The van der Waals surface area contributed by atoms with Gasteiger partial charge in [-0.05, 0) is 38.0 Å². The molecule has 2 aromatic carbocycles. The fourth-order valence-electron chi connectivity index (χ4n) is 5.02. The zero-order chi connectivity index (χ0) is 23.9. The number of hydrogen-bond donors (Lipinski definition) is 4. The Morgan fingerprint density at radius 2 is 1.94 bits per heavy atom. The number of rotatable bonds is 6. The van der Waals surface area contributed by atoms with Gasteiger partial charge in [-0.25, -0.2) is 0 Å². The number of methoxy groups -OCH3 is 2. The molecule has 1 saturated heterocycles. The van der Waals surface area contributed by atoms with Crippen molar-refractivity contribution in [3.05, 3.63) is 47.0 Å². The summed E-state index contributed by atoms with van der Waals surface area (Å²) in [6.45, 7) is 3.85. The largest absolute Gasteiger partial charge is 0.497 e. The molecule has 0 aliphatic carbocycles. The van der Waals surface area contributed by atoms with Gasteiger partial charge in [0.2, 0.25) is 17.7 Å². The summed E-state index contributed by atoms with van der Waals surface area (Å²) >= 11 is 0. The number of aryl methyl sites for hydroxylation is 2. The number of fused-ring (bicyclic) bond motifs is 2. The summed E-state index contributed by atoms with van der Waals surface area (Å²) in [6, 6.07) is 8.53. The van der Waals surface area contributed by atoms with Gasteiger partial charge in [0, 0.05) is 29.8 Å². The molecule has 9 nitrogen and oxygen atoms in total. The fraction of sp³-hybridized carbons (Fsp3) is 0.375. The van der Waals surface area contributed by atoms with Crippen molar-refractivity contribution < 1.29 is 23.9 Å². The van der Waals surface area contributed by atoms with Crippen LogP contribution in [0.1, 0.15) is 29.5 Å². The van der Waals surface area contributed by atoms with Crippen LogP contribution in [0.3, 0.4) is 0 Å². The average molecular weight is 453 g/mol. The monoisotopic (exact) mass is 452 g/mol. The van der Waals surface area contributed by atoms with Gasteiger partial charge >= 0.3 is 0 Å². The third-order valence-electron chi connectivity index (χ3n) is 6.40. The van der Waals surface area contributed by atoms with Gasteiger partial charge in [0.25, 0.3) is 0 Å². The first-order valence-electron chi connectivity index (χ1n) is 10.7. The maximum atomic E-state index is 13.7. The van der Waals surface area contributed by atoms with Crippen LogP contribution in [-0.4, -0.2) is 38.0 Å². The summed E-state index contributed by atoms with van der Waals surface area (Å²) in [4.78, 5) is 38.7. The van der Waals surface area contributed by atoms with E-state index in [0.29, 0.717) is 28.4 Å². The van der Waals surface area contributed by atoms with Crippen molar-refractivity contribution in [2.45, 2.75) is 38.3 Å². The molecule has 1 spiro atoms. The van der Waals surface area contributed by atoms with E-state index in [1.807, 2.05) is 26.0 Å². The quantitative estimate of drug-likeness (QED) is 0.530. The third-order valence-corrected chi connectivity index (χ3v) is 6.40. The molecule has 5 N–H and O–H groups in total. The summed E-state index contributed by atoms with van der Waals surface area (Å²) in [6.07, 6.45) is 0.280. The first kappa shape index (κ1) is 22.6. The van der Waals surface area contributed by atoms with Crippen LogP contribution in [0.5, 0.6) is 11.5 Å². The van der Waals surface area contributed by atoms with Crippen LogP contribution < -0.4 is 31.2 Å². The van der Waals surface area contributed by atoms with E-state index in [1.165, 1.54) is 14.2 Å². The van der Waals surface area contributed by atoms with Crippen LogP contribution >= 0.6 is 0 Å². The fourth-order valence-corrected chi connectivity index (χ4v) is 5.02. The molecule has 3 unspecified atom stereocenters. The van der Waals surface area contributed by atoms with Crippen molar-refractivity contribution in [2.75, 3.05) is 24.9 Å². The smallest absolute Gasteiger partial charge is 0.250 e. The van der Waals surface area contributed by atoms with Crippen LogP contribution in [-0.2, 0) is 19.9 Å². The predicted molar refractivity (Wildman–Crippen MR) is 123 cm³/mol. The molecule has 2 aliphatic rings. The number of benzene rings is 2. The Balaban J connectivity index is 1.77. The molecule has 1 fully saturated rings. The van der Waals surface area contributed by atoms with Gasteiger partial charge in [0.05, 0.1) is 25.8 Å². The van der Waals surface area contributed by atoms with Gasteiger partial charge in [0.15, 0.2) is 0 Å². The highest BCUT2D eigenvalue weighted by Gasteiger charge is 2.60. The van der Waals surface area contributed by atoms with E-state index < -0.39 is 23.4 Å². The van der Waals surface area contributed by atoms with Gasteiger partial charge in [-0.1, -0.05) is 17.7 Å². The molecule has 0 radical (unpaired) electrons. The number of primary amides is 1. The SMILES string of the molecule is COc1ccc(OC)c(NC(=O)C2CC(CC(N)=O)NC23C(=O)Nc2c(C)cc(C)cc23)c1. The highest BCUT2D eigenvalue weighted by atomic mass is 16.5. The minimum atomic E-state index is -1.32. The van der Waals surface area contributed by atoms with Gasteiger partial charge in [-0.3, -0.25) is 19.7 Å². The van der Waals surface area contributed by atoms with Crippen LogP contribution in [0, 0.1) is 19.8 Å². The first-order valence-corrected chi connectivity index (χ1v) is 10.7. The normalized spacial score (nSPS) is 23.2. The zero-order valence-electron chi connectivity index (χ0n) is 19.1. The van der Waals surface area contributed by atoms with Gasteiger partial charge in [-0.2, -0.15) is 0 Å². The lowest BCUT2D eigenvalue weighted by molar-refractivity contribution is -0.130. The van der Waals surface area contributed by atoms with Crippen molar-refractivity contribution in [3.8, 4) is 11.5 Å². The Bertz CT molecular complexity index is 1150. The molecule has 174 valence electrons.